The third kappa shape index (κ3) is 3.25. The molecule has 0 atom stereocenters. The monoisotopic (exact) mass is 339 g/mol. The van der Waals surface area contributed by atoms with Gasteiger partial charge in [0.25, 0.3) is 0 Å². The maximum absolute atomic E-state index is 6.45. The molecule has 0 radical (unpaired) electrons. The Balaban J connectivity index is 1.60. The molecule has 1 fully saturated rings. The van der Waals surface area contributed by atoms with Gasteiger partial charge >= 0.3 is 0 Å². The third-order valence-corrected chi connectivity index (χ3v) is 5.00. The first-order valence-corrected chi connectivity index (χ1v) is 8.88. The molecule has 25 heavy (non-hydrogen) atoms. The largest absolute Gasteiger partial charge is 0.393 e. The number of para-hydroxylation sites is 1. The van der Waals surface area contributed by atoms with Crippen LogP contribution in [0.4, 0.5) is 23.0 Å². The normalized spacial score (nSPS) is 18.8. The lowest BCUT2D eigenvalue weighted by molar-refractivity contribution is 0.178. The number of hydrazine groups is 1. The second-order valence-electron chi connectivity index (χ2n) is 6.75. The van der Waals surface area contributed by atoms with Crippen LogP contribution in [0.5, 0.6) is 0 Å². The standard InChI is InChI=1S/C18H25N7/c1-23-9-11-24(12-10-23)22-17-16(19)18(21-13-20-17)25-8-4-6-14-5-2-3-7-15(14)25/h2-3,5,7,13H,4,6,8-12,19H2,1H3,(H,20,21,22). The van der Waals surface area contributed by atoms with E-state index in [-0.39, 0.29) is 0 Å². The van der Waals surface area contributed by atoms with Crippen molar-refractivity contribution in [2.75, 3.05) is 55.8 Å². The Morgan fingerprint density at radius 2 is 1.84 bits per heavy atom. The van der Waals surface area contributed by atoms with Gasteiger partial charge in [-0.15, -0.1) is 0 Å². The lowest BCUT2D eigenvalue weighted by Gasteiger charge is -2.34. The van der Waals surface area contributed by atoms with Gasteiger partial charge in [0.2, 0.25) is 0 Å². The lowest BCUT2D eigenvalue weighted by Crippen LogP contribution is -2.47. The zero-order valence-electron chi connectivity index (χ0n) is 14.6. The summed E-state index contributed by atoms with van der Waals surface area (Å²) in [6.45, 7) is 4.88. The first kappa shape index (κ1) is 16.1. The highest BCUT2D eigenvalue weighted by Gasteiger charge is 2.23. The van der Waals surface area contributed by atoms with E-state index in [1.54, 1.807) is 6.33 Å². The van der Waals surface area contributed by atoms with E-state index in [1.807, 2.05) is 0 Å². The number of nitrogens with zero attached hydrogens (tertiary/aromatic N) is 5. The summed E-state index contributed by atoms with van der Waals surface area (Å²) in [7, 11) is 2.14. The summed E-state index contributed by atoms with van der Waals surface area (Å²) in [6.07, 6.45) is 3.80. The third-order valence-electron chi connectivity index (χ3n) is 5.00. The Hall–Kier alpha value is -2.38. The Morgan fingerprint density at radius 3 is 2.68 bits per heavy atom. The minimum atomic E-state index is 0.609. The number of hydrogen-bond donors (Lipinski definition) is 2. The highest BCUT2D eigenvalue weighted by atomic mass is 15.5. The fourth-order valence-electron chi connectivity index (χ4n) is 3.51. The van der Waals surface area contributed by atoms with Crippen LogP contribution in [0.2, 0.25) is 0 Å². The zero-order valence-corrected chi connectivity index (χ0v) is 14.6. The van der Waals surface area contributed by atoms with Crippen LogP contribution < -0.4 is 16.1 Å². The SMILES string of the molecule is CN1CCN(Nc2ncnc(N3CCCc4ccccc43)c2N)CC1. The number of rotatable bonds is 3. The quantitative estimate of drug-likeness (QED) is 0.882. The van der Waals surface area contributed by atoms with Crippen molar-refractivity contribution in [1.29, 1.82) is 0 Å². The maximum atomic E-state index is 6.45. The Morgan fingerprint density at radius 1 is 1.04 bits per heavy atom. The predicted octanol–water partition coefficient (Wildman–Crippen LogP) is 1.72. The summed E-state index contributed by atoms with van der Waals surface area (Å²) in [4.78, 5) is 13.4. The second kappa shape index (κ2) is 6.85. The lowest BCUT2D eigenvalue weighted by atomic mass is 10.0. The van der Waals surface area contributed by atoms with E-state index in [4.69, 9.17) is 5.73 Å². The number of likely N-dealkylation sites (N-methyl/N-ethyl adjacent to an activating group) is 1. The number of aryl methyl sites for hydroxylation is 1. The first-order chi connectivity index (χ1) is 12.2. The summed E-state index contributed by atoms with van der Waals surface area (Å²) in [6, 6.07) is 8.48. The molecule has 0 spiro atoms. The van der Waals surface area contributed by atoms with E-state index in [0.717, 1.165) is 51.4 Å². The number of aromatic nitrogens is 2. The van der Waals surface area contributed by atoms with Crippen molar-refractivity contribution < 1.29 is 0 Å². The summed E-state index contributed by atoms with van der Waals surface area (Å²) >= 11 is 0. The van der Waals surface area contributed by atoms with Crippen molar-refractivity contribution in [2.24, 2.45) is 0 Å². The van der Waals surface area contributed by atoms with Crippen molar-refractivity contribution in [1.82, 2.24) is 19.9 Å². The number of benzene rings is 1. The minimum Gasteiger partial charge on any atom is -0.393 e. The van der Waals surface area contributed by atoms with Crippen LogP contribution in [-0.4, -0.2) is 59.6 Å². The first-order valence-electron chi connectivity index (χ1n) is 8.88. The molecule has 132 valence electrons. The van der Waals surface area contributed by atoms with E-state index in [0.29, 0.717) is 11.5 Å². The Labute approximate surface area is 148 Å². The molecule has 0 unspecified atom stereocenters. The van der Waals surface area contributed by atoms with Crippen LogP contribution in [-0.2, 0) is 6.42 Å². The highest BCUT2D eigenvalue weighted by molar-refractivity contribution is 5.80. The molecular weight excluding hydrogens is 314 g/mol. The van der Waals surface area contributed by atoms with Gasteiger partial charge in [-0.05, 0) is 31.5 Å². The van der Waals surface area contributed by atoms with Gasteiger partial charge in [-0.1, -0.05) is 18.2 Å². The molecule has 0 bridgehead atoms. The number of piperazine rings is 1. The zero-order chi connectivity index (χ0) is 17.2. The fraction of sp³-hybridized carbons (Fsp3) is 0.444. The topological polar surface area (TPSA) is 73.5 Å². The van der Waals surface area contributed by atoms with Gasteiger partial charge in [0.05, 0.1) is 0 Å². The number of hydrogen-bond acceptors (Lipinski definition) is 7. The van der Waals surface area contributed by atoms with E-state index < -0.39 is 0 Å². The van der Waals surface area contributed by atoms with Gasteiger partial charge in [-0.2, -0.15) is 0 Å². The molecule has 0 amide bonds. The molecule has 2 aromatic rings. The van der Waals surface area contributed by atoms with Crippen molar-refractivity contribution in [2.45, 2.75) is 12.8 Å². The van der Waals surface area contributed by atoms with E-state index >= 15 is 0 Å². The van der Waals surface area contributed by atoms with Crippen LogP contribution >= 0.6 is 0 Å². The number of fused-ring (bicyclic) bond motifs is 1. The average Bonchev–Trinajstić information content (AvgIpc) is 2.65. The van der Waals surface area contributed by atoms with E-state index in [2.05, 4.69) is 61.5 Å². The van der Waals surface area contributed by atoms with Crippen LogP contribution in [0.15, 0.2) is 30.6 Å². The maximum Gasteiger partial charge on any atom is 0.169 e. The summed E-state index contributed by atoms with van der Waals surface area (Å²) in [5.74, 6) is 1.48. The molecule has 0 saturated carbocycles. The van der Waals surface area contributed by atoms with Crippen molar-refractivity contribution in [3.8, 4) is 0 Å². The molecule has 2 aliphatic rings. The van der Waals surface area contributed by atoms with Gasteiger partial charge in [0.15, 0.2) is 11.6 Å². The van der Waals surface area contributed by atoms with Crippen LogP contribution in [0.1, 0.15) is 12.0 Å². The number of anilines is 4. The molecule has 7 nitrogen and oxygen atoms in total. The Bertz CT molecular complexity index is 740. The summed E-state index contributed by atoms with van der Waals surface area (Å²) < 4.78 is 0. The van der Waals surface area contributed by atoms with Crippen molar-refractivity contribution in [3.05, 3.63) is 36.2 Å². The van der Waals surface area contributed by atoms with E-state index in [1.165, 1.54) is 11.3 Å². The molecule has 1 aromatic carbocycles. The number of nitrogens with two attached hydrogens (primary N) is 1. The molecule has 3 N–H and O–H groups in total. The van der Waals surface area contributed by atoms with Crippen LogP contribution in [0.25, 0.3) is 0 Å². The fourth-order valence-corrected chi connectivity index (χ4v) is 3.51. The summed E-state index contributed by atoms with van der Waals surface area (Å²) in [5, 5.41) is 2.17. The Kier molecular flexibility index (Phi) is 4.42. The smallest absolute Gasteiger partial charge is 0.169 e. The summed E-state index contributed by atoms with van der Waals surface area (Å²) in [5.41, 5.74) is 13.0. The van der Waals surface area contributed by atoms with Gasteiger partial charge in [0, 0.05) is 38.4 Å². The molecule has 4 rings (SSSR count). The van der Waals surface area contributed by atoms with E-state index in [9.17, 15) is 0 Å². The van der Waals surface area contributed by atoms with Crippen LogP contribution in [0.3, 0.4) is 0 Å². The van der Waals surface area contributed by atoms with Crippen molar-refractivity contribution >= 4 is 23.0 Å². The van der Waals surface area contributed by atoms with Gasteiger partial charge in [-0.25, -0.2) is 15.0 Å². The minimum absolute atomic E-state index is 0.609. The average molecular weight is 339 g/mol. The second-order valence-corrected chi connectivity index (χ2v) is 6.75. The van der Waals surface area contributed by atoms with Crippen molar-refractivity contribution in [3.63, 3.8) is 0 Å². The van der Waals surface area contributed by atoms with Gasteiger partial charge < -0.3 is 21.0 Å². The molecule has 2 aliphatic heterocycles. The molecule has 0 aliphatic carbocycles. The number of nitrogens with one attached hydrogen (secondary N) is 1. The molecule has 3 heterocycles. The van der Waals surface area contributed by atoms with Crippen LogP contribution in [0, 0.1) is 0 Å². The predicted molar refractivity (Wildman–Crippen MR) is 101 cm³/mol. The van der Waals surface area contributed by atoms with Gasteiger partial charge in [-0.3, -0.25) is 0 Å². The van der Waals surface area contributed by atoms with Gasteiger partial charge in [0.1, 0.15) is 12.0 Å². The molecular formula is C18H25N7. The molecule has 1 saturated heterocycles. The highest BCUT2D eigenvalue weighted by Crippen LogP contribution is 2.36. The molecule has 7 heteroatoms. The molecule has 1 aromatic heterocycles. The number of nitrogen functional groups attached to an aromatic ring is 1.